The van der Waals surface area contributed by atoms with Gasteiger partial charge < -0.3 is 5.32 Å². The van der Waals surface area contributed by atoms with E-state index in [-0.39, 0.29) is 6.04 Å². The van der Waals surface area contributed by atoms with Crippen LogP contribution in [0.15, 0.2) is 28.7 Å². The van der Waals surface area contributed by atoms with Gasteiger partial charge in [-0.1, -0.05) is 28.1 Å². The van der Waals surface area contributed by atoms with Crippen molar-refractivity contribution in [2.75, 3.05) is 11.5 Å². The summed E-state index contributed by atoms with van der Waals surface area (Å²) in [5, 5.41) is 3.49. The van der Waals surface area contributed by atoms with Gasteiger partial charge in [-0.2, -0.15) is 0 Å². The minimum Gasteiger partial charge on any atom is -0.310 e. The summed E-state index contributed by atoms with van der Waals surface area (Å²) < 4.78 is 23.9. The van der Waals surface area contributed by atoms with Crippen LogP contribution in [0.2, 0.25) is 0 Å². The van der Waals surface area contributed by atoms with Crippen LogP contribution in [0.5, 0.6) is 0 Å². The Balaban J connectivity index is 1.51. The lowest BCUT2D eigenvalue weighted by Gasteiger charge is -2.38. The summed E-state index contributed by atoms with van der Waals surface area (Å²) in [4.78, 5) is 0. The molecular weight excluding hydrogens is 326 g/mol. The SMILES string of the molecule is O=S1(=O)CCC(NC2CC(c3cccc(Br)c3)C2)C1. The summed E-state index contributed by atoms with van der Waals surface area (Å²) in [6.07, 6.45) is 3.01. The second-order valence-electron chi connectivity index (χ2n) is 5.69. The zero-order valence-electron chi connectivity index (χ0n) is 10.7. The van der Waals surface area contributed by atoms with Crippen LogP contribution in [0.25, 0.3) is 0 Å². The lowest BCUT2D eigenvalue weighted by Crippen LogP contribution is -2.46. The smallest absolute Gasteiger partial charge is 0.151 e. The fourth-order valence-electron chi connectivity index (χ4n) is 3.05. The number of hydrogen-bond donors (Lipinski definition) is 1. The van der Waals surface area contributed by atoms with Gasteiger partial charge in [0.2, 0.25) is 0 Å². The van der Waals surface area contributed by atoms with E-state index in [1.807, 2.05) is 6.07 Å². The summed E-state index contributed by atoms with van der Waals surface area (Å²) >= 11 is 3.50. The third-order valence-electron chi connectivity index (χ3n) is 4.16. The van der Waals surface area contributed by atoms with Gasteiger partial charge in [0.15, 0.2) is 9.84 Å². The molecule has 2 aliphatic rings. The molecule has 3 rings (SSSR count). The van der Waals surface area contributed by atoms with Gasteiger partial charge in [-0.05, 0) is 42.9 Å². The molecule has 104 valence electrons. The number of hydrogen-bond acceptors (Lipinski definition) is 3. The van der Waals surface area contributed by atoms with Gasteiger partial charge in [0.1, 0.15) is 0 Å². The molecule has 1 aliphatic carbocycles. The van der Waals surface area contributed by atoms with Crippen molar-refractivity contribution in [3.63, 3.8) is 0 Å². The van der Waals surface area contributed by atoms with E-state index < -0.39 is 9.84 Å². The Bertz CT molecular complexity index is 567. The van der Waals surface area contributed by atoms with Crippen molar-refractivity contribution in [1.29, 1.82) is 0 Å². The van der Waals surface area contributed by atoms with Crippen LogP contribution in [-0.4, -0.2) is 32.0 Å². The summed E-state index contributed by atoms with van der Waals surface area (Å²) in [6, 6.07) is 9.14. The predicted molar refractivity (Wildman–Crippen MR) is 80.1 cm³/mol. The quantitative estimate of drug-likeness (QED) is 0.916. The Morgan fingerprint density at radius 3 is 2.63 bits per heavy atom. The van der Waals surface area contributed by atoms with Gasteiger partial charge in [-0.15, -0.1) is 0 Å². The van der Waals surface area contributed by atoms with E-state index >= 15 is 0 Å². The largest absolute Gasteiger partial charge is 0.310 e. The number of nitrogens with one attached hydrogen (secondary N) is 1. The summed E-state index contributed by atoms with van der Waals surface area (Å²) in [6.45, 7) is 0. The molecule has 1 unspecified atom stereocenters. The Morgan fingerprint density at radius 1 is 1.21 bits per heavy atom. The normalized spacial score (nSPS) is 33.0. The van der Waals surface area contributed by atoms with E-state index in [2.05, 4.69) is 39.4 Å². The third kappa shape index (κ3) is 3.20. The van der Waals surface area contributed by atoms with Crippen molar-refractivity contribution in [3.8, 4) is 0 Å². The lowest BCUT2D eigenvalue weighted by molar-refractivity contribution is 0.271. The maximum absolute atomic E-state index is 11.4. The van der Waals surface area contributed by atoms with Gasteiger partial charge in [-0.25, -0.2) is 8.42 Å². The van der Waals surface area contributed by atoms with Gasteiger partial charge in [0, 0.05) is 16.6 Å². The first-order valence-corrected chi connectivity index (χ1v) is 9.35. The van der Waals surface area contributed by atoms with Crippen LogP contribution in [-0.2, 0) is 9.84 Å². The summed E-state index contributed by atoms with van der Waals surface area (Å²) in [5.41, 5.74) is 1.38. The van der Waals surface area contributed by atoms with Crippen LogP contribution >= 0.6 is 15.9 Å². The molecule has 1 heterocycles. The number of sulfone groups is 1. The van der Waals surface area contributed by atoms with Gasteiger partial charge in [-0.3, -0.25) is 0 Å². The van der Waals surface area contributed by atoms with Crippen molar-refractivity contribution in [3.05, 3.63) is 34.3 Å². The molecule has 1 aliphatic heterocycles. The maximum Gasteiger partial charge on any atom is 0.151 e. The van der Waals surface area contributed by atoms with E-state index in [0.29, 0.717) is 23.5 Å². The molecule has 5 heteroatoms. The standard InChI is InChI=1S/C14H18BrNO2S/c15-12-3-1-2-10(6-12)11-7-14(8-11)16-13-4-5-19(17,18)9-13/h1-3,6,11,13-14,16H,4-5,7-9H2. The Morgan fingerprint density at radius 2 is 2.00 bits per heavy atom. The number of rotatable bonds is 3. The Kier molecular flexibility index (Phi) is 3.71. The molecule has 0 aromatic heterocycles. The number of halogens is 1. The minimum absolute atomic E-state index is 0.179. The molecule has 0 spiro atoms. The molecule has 0 amide bonds. The average molecular weight is 344 g/mol. The second kappa shape index (κ2) is 5.19. The highest BCUT2D eigenvalue weighted by Crippen LogP contribution is 2.38. The van der Waals surface area contributed by atoms with E-state index in [1.54, 1.807) is 0 Å². The summed E-state index contributed by atoms with van der Waals surface area (Å²) in [7, 11) is -2.77. The number of benzene rings is 1. The highest BCUT2D eigenvalue weighted by Gasteiger charge is 2.35. The van der Waals surface area contributed by atoms with Crippen LogP contribution < -0.4 is 5.32 Å². The molecule has 3 nitrogen and oxygen atoms in total. The van der Waals surface area contributed by atoms with Crippen LogP contribution in [0.4, 0.5) is 0 Å². The fraction of sp³-hybridized carbons (Fsp3) is 0.571. The van der Waals surface area contributed by atoms with E-state index in [1.165, 1.54) is 5.56 Å². The van der Waals surface area contributed by atoms with E-state index in [9.17, 15) is 8.42 Å². The molecule has 19 heavy (non-hydrogen) atoms. The zero-order chi connectivity index (χ0) is 13.5. The van der Waals surface area contributed by atoms with Gasteiger partial charge in [0.25, 0.3) is 0 Å². The van der Waals surface area contributed by atoms with Crippen molar-refractivity contribution in [1.82, 2.24) is 5.32 Å². The molecule has 1 saturated heterocycles. The molecule has 1 saturated carbocycles. The van der Waals surface area contributed by atoms with Crippen LogP contribution in [0.1, 0.15) is 30.7 Å². The summed E-state index contributed by atoms with van der Waals surface area (Å²) in [5.74, 6) is 1.30. The zero-order valence-corrected chi connectivity index (χ0v) is 13.1. The lowest BCUT2D eigenvalue weighted by atomic mass is 9.75. The molecule has 1 atom stereocenters. The maximum atomic E-state index is 11.4. The third-order valence-corrected chi connectivity index (χ3v) is 6.42. The Labute approximate surface area is 122 Å². The molecule has 1 aromatic rings. The molecule has 2 fully saturated rings. The molecule has 1 N–H and O–H groups in total. The van der Waals surface area contributed by atoms with Gasteiger partial charge in [0.05, 0.1) is 11.5 Å². The van der Waals surface area contributed by atoms with Crippen LogP contribution in [0, 0.1) is 0 Å². The van der Waals surface area contributed by atoms with E-state index in [0.717, 1.165) is 23.7 Å². The van der Waals surface area contributed by atoms with Crippen LogP contribution in [0.3, 0.4) is 0 Å². The molecule has 0 radical (unpaired) electrons. The topological polar surface area (TPSA) is 46.2 Å². The van der Waals surface area contributed by atoms with Crippen molar-refractivity contribution >= 4 is 25.8 Å². The predicted octanol–water partition coefficient (Wildman–Crippen LogP) is 2.47. The average Bonchev–Trinajstić information content (AvgIpc) is 2.63. The highest BCUT2D eigenvalue weighted by atomic mass is 79.9. The first-order valence-electron chi connectivity index (χ1n) is 6.74. The first-order chi connectivity index (χ1) is 9.02. The molecule has 1 aromatic carbocycles. The molecule has 0 bridgehead atoms. The van der Waals surface area contributed by atoms with Crippen molar-refractivity contribution in [2.24, 2.45) is 0 Å². The molecular formula is C14H18BrNO2S. The first kappa shape index (κ1) is 13.6. The minimum atomic E-state index is -2.77. The van der Waals surface area contributed by atoms with Crippen molar-refractivity contribution < 1.29 is 8.42 Å². The second-order valence-corrected chi connectivity index (χ2v) is 8.83. The fourth-order valence-corrected chi connectivity index (χ4v) is 5.15. The monoisotopic (exact) mass is 343 g/mol. The van der Waals surface area contributed by atoms with Gasteiger partial charge >= 0.3 is 0 Å². The highest BCUT2D eigenvalue weighted by molar-refractivity contribution is 9.10. The van der Waals surface area contributed by atoms with E-state index in [4.69, 9.17) is 0 Å². The Hall–Kier alpha value is -0.390. The van der Waals surface area contributed by atoms with Crippen molar-refractivity contribution in [2.45, 2.75) is 37.3 Å².